The lowest BCUT2D eigenvalue weighted by molar-refractivity contribution is -0.144. The second-order valence-corrected chi connectivity index (χ2v) is 6.16. The molecule has 0 amide bonds. The van der Waals surface area contributed by atoms with Crippen molar-refractivity contribution >= 4 is 17.7 Å². The number of carbonyl (C=O) groups is 1. The van der Waals surface area contributed by atoms with Crippen molar-refractivity contribution in [2.24, 2.45) is 0 Å². The van der Waals surface area contributed by atoms with Crippen molar-refractivity contribution in [3.05, 3.63) is 30.1 Å². The van der Waals surface area contributed by atoms with Gasteiger partial charge in [-0.25, -0.2) is 4.39 Å². The summed E-state index contributed by atoms with van der Waals surface area (Å²) in [6, 6.07) is 6.33. The van der Waals surface area contributed by atoms with E-state index in [0.717, 1.165) is 4.90 Å². The lowest BCUT2D eigenvalue weighted by atomic mass is 9.98. The van der Waals surface area contributed by atoms with Crippen LogP contribution in [-0.4, -0.2) is 28.4 Å². The maximum Gasteiger partial charge on any atom is 0.323 e. The van der Waals surface area contributed by atoms with E-state index in [-0.39, 0.29) is 11.9 Å². The first-order valence-corrected chi connectivity index (χ1v) is 7.21. The Labute approximate surface area is 117 Å². The van der Waals surface area contributed by atoms with Gasteiger partial charge in [-0.15, -0.1) is 11.8 Å². The van der Waals surface area contributed by atoms with Crippen LogP contribution in [0.4, 0.5) is 4.39 Å². The van der Waals surface area contributed by atoms with Crippen LogP contribution in [0.2, 0.25) is 0 Å². The molecule has 1 aromatic rings. The highest BCUT2D eigenvalue weighted by molar-refractivity contribution is 7.99. The summed E-state index contributed by atoms with van der Waals surface area (Å²) in [4.78, 5) is 12.3. The minimum atomic E-state index is -0.929. The molecule has 3 nitrogen and oxygen atoms in total. The van der Waals surface area contributed by atoms with Gasteiger partial charge in [0.05, 0.1) is 0 Å². The van der Waals surface area contributed by atoms with Gasteiger partial charge in [0.15, 0.2) is 0 Å². The van der Waals surface area contributed by atoms with Gasteiger partial charge in [-0.1, -0.05) is 0 Å². The van der Waals surface area contributed by atoms with E-state index >= 15 is 0 Å². The number of hydrogen-bond acceptors (Lipinski definition) is 3. The van der Waals surface area contributed by atoms with Crippen LogP contribution < -0.4 is 5.32 Å². The number of halogens is 1. The fourth-order valence-corrected chi connectivity index (χ4v) is 2.86. The van der Waals surface area contributed by atoms with Crippen molar-refractivity contribution in [1.82, 2.24) is 5.32 Å². The third kappa shape index (κ3) is 5.20. The molecule has 2 N–H and O–H groups in total. The molecule has 0 aliphatic heterocycles. The van der Waals surface area contributed by atoms with Crippen LogP contribution in [-0.2, 0) is 4.79 Å². The van der Waals surface area contributed by atoms with E-state index in [1.165, 1.54) is 23.9 Å². The Morgan fingerprint density at radius 3 is 2.47 bits per heavy atom. The van der Waals surface area contributed by atoms with Gasteiger partial charge in [-0.3, -0.25) is 10.1 Å². The highest BCUT2D eigenvalue weighted by Crippen LogP contribution is 2.22. The Balaban J connectivity index is 2.53. The predicted octanol–water partition coefficient (Wildman–Crippen LogP) is 3.15. The normalized spacial score (nSPS) is 14.4. The lowest BCUT2D eigenvalue weighted by Gasteiger charge is -2.28. The number of hydrogen-bond donors (Lipinski definition) is 2. The van der Waals surface area contributed by atoms with Gasteiger partial charge in [0.1, 0.15) is 11.4 Å². The van der Waals surface area contributed by atoms with Crippen LogP contribution >= 0.6 is 11.8 Å². The molecule has 5 heteroatoms. The highest BCUT2D eigenvalue weighted by Gasteiger charge is 2.32. The molecule has 0 saturated carbocycles. The van der Waals surface area contributed by atoms with Crippen molar-refractivity contribution in [3.63, 3.8) is 0 Å². The van der Waals surface area contributed by atoms with E-state index < -0.39 is 11.5 Å². The summed E-state index contributed by atoms with van der Waals surface area (Å²) in [5.41, 5.74) is -0.929. The Morgan fingerprint density at radius 2 is 2.00 bits per heavy atom. The van der Waals surface area contributed by atoms with Crippen molar-refractivity contribution in [2.45, 2.75) is 43.7 Å². The van der Waals surface area contributed by atoms with Crippen LogP contribution in [0, 0.1) is 5.82 Å². The molecule has 1 atom stereocenters. The SMILES string of the molecule is CC(C)NC(C)(CCSc1ccc(F)cc1)C(=O)O. The fourth-order valence-electron chi connectivity index (χ4n) is 1.78. The summed E-state index contributed by atoms with van der Waals surface area (Å²) in [6.45, 7) is 5.54. The van der Waals surface area contributed by atoms with E-state index in [9.17, 15) is 14.3 Å². The molecular weight excluding hydrogens is 265 g/mol. The molecule has 0 aliphatic rings. The smallest absolute Gasteiger partial charge is 0.323 e. The minimum Gasteiger partial charge on any atom is -0.480 e. The Bertz CT molecular complexity index is 422. The van der Waals surface area contributed by atoms with Crippen molar-refractivity contribution in [1.29, 1.82) is 0 Å². The zero-order valence-corrected chi connectivity index (χ0v) is 12.3. The van der Waals surface area contributed by atoms with E-state index in [1.54, 1.807) is 19.1 Å². The molecular formula is C14H20FNO2S. The molecule has 0 spiro atoms. The maximum absolute atomic E-state index is 12.8. The minimum absolute atomic E-state index is 0.108. The Morgan fingerprint density at radius 1 is 1.42 bits per heavy atom. The number of benzene rings is 1. The van der Waals surface area contributed by atoms with Gasteiger partial charge >= 0.3 is 5.97 Å². The first-order chi connectivity index (χ1) is 8.83. The molecule has 0 fully saturated rings. The first kappa shape index (κ1) is 16.0. The first-order valence-electron chi connectivity index (χ1n) is 6.23. The van der Waals surface area contributed by atoms with Gasteiger partial charge in [0, 0.05) is 16.7 Å². The molecule has 19 heavy (non-hydrogen) atoms. The topological polar surface area (TPSA) is 49.3 Å². The van der Waals surface area contributed by atoms with Crippen molar-refractivity contribution < 1.29 is 14.3 Å². The number of nitrogens with one attached hydrogen (secondary N) is 1. The van der Waals surface area contributed by atoms with Crippen LogP contribution in [0.5, 0.6) is 0 Å². The Hall–Kier alpha value is -1.07. The van der Waals surface area contributed by atoms with E-state index in [1.807, 2.05) is 13.8 Å². The molecule has 0 aliphatic carbocycles. The molecule has 1 unspecified atom stereocenters. The molecule has 1 aromatic carbocycles. The third-order valence-electron chi connectivity index (χ3n) is 2.76. The highest BCUT2D eigenvalue weighted by atomic mass is 32.2. The molecule has 0 aromatic heterocycles. The molecule has 0 radical (unpaired) electrons. The molecule has 106 valence electrons. The fraction of sp³-hybridized carbons (Fsp3) is 0.500. The number of rotatable bonds is 7. The number of carboxylic acid groups (broad SMARTS) is 1. The monoisotopic (exact) mass is 285 g/mol. The predicted molar refractivity (Wildman–Crippen MR) is 76.1 cm³/mol. The van der Waals surface area contributed by atoms with Crippen LogP contribution in [0.1, 0.15) is 27.2 Å². The largest absolute Gasteiger partial charge is 0.480 e. The second-order valence-electron chi connectivity index (χ2n) is 4.99. The molecule has 1 rings (SSSR count). The third-order valence-corrected chi connectivity index (χ3v) is 3.78. The number of carboxylic acids is 1. The van der Waals surface area contributed by atoms with E-state index in [0.29, 0.717) is 12.2 Å². The maximum atomic E-state index is 12.8. The molecule has 0 heterocycles. The molecule has 0 bridgehead atoms. The quantitative estimate of drug-likeness (QED) is 0.756. The Kier molecular flexibility index (Phi) is 5.82. The average Bonchev–Trinajstić information content (AvgIpc) is 2.30. The number of thioether (sulfide) groups is 1. The van der Waals surface area contributed by atoms with Crippen LogP contribution in [0.3, 0.4) is 0 Å². The summed E-state index contributed by atoms with van der Waals surface area (Å²) < 4.78 is 12.8. The summed E-state index contributed by atoms with van der Waals surface area (Å²) in [7, 11) is 0. The summed E-state index contributed by atoms with van der Waals surface area (Å²) >= 11 is 1.53. The van der Waals surface area contributed by atoms with Gasteiger partial charge in [-0.2, -0.15) is 0 Å². The summed E-state index contributed by atoms with van der Waals surface area (Å²) in [5, 5.41) is 12.4. The number of aliphatic carboxylic acids is 1. The van der Waals surface area contributed by atoms with E-state index in [4.69, 9.17) is 0 Å². The van der Waals surface area contributed by atoms with Gasteiger partial charge in [0.25, 0.3) is 0 Å². The van der Waals surface area contributed by atoms with Gasteiger partial charge in [0.2, 0.25) is 0 Å². The standard InChI is InChI=1S/C14H20FNO2S/c1-10(2)16-14(3,13(17)18)8-9-19-12-6-4-11(15)5-7-12/h4-7,10,16H,8-9H2,1-3H3,(H,17,18). The van der Waals surface area contributed by atoms with Crippen LogP contribution in [0.25, 0.3) is 0 Å². The second kappa shape index (κ2) is 6.91. The van der Waals surface area contributed by atoms with Crippen LogP contribution in [0.15, 0.2) is 29.2 Å². The lowest BCUT2D eigenvalue weighted by Crippen LogP contribution is -2.52. The molecule has 0 saturated heterocycles. The van der Waals surface area contributed by atoms with Gasteiger partial charge < -0.3 is 5.11 Å². The zero-order valence-electron chi connectivity index (χ0n) is 11.4. The van der Waals surface area contributed by atoms with Gasteiger partial charge in [-0.05, 0) is 51.5 Å². The summed E-state index contributed by atoms with van der Waals surface area (Å²) in [6.07, 6.45) is 0.503. The van der Waals surface area contributed by atoms with E-state index in [2.05, 4.69) is 5.32 Å². The van der Waals surface area contributed by atoms with Crippen molar-refractivity contribution in [2.75, 3.05) is 5.75 Å². The average molecular weight is 285 g/mol. The zero-order chi connectivity index (χ0) is 14.5. The summed E-state index contributed by atoms with van der Waals surface area (Å²) in [5.74, 6) is -0.448. The van der Waals surface area contributed by atoms with Crippen molar-refractivity contribution in [3.8, 4) is 0 Å².